The molecule has 0 aromatic carbocycles. The van der Waals surface area contributed by atoms with Crippen LogP contribution in [0.2, 0.25) is 0 Å². The van der Waals surface area contributed by atoms with Gasteiger partial charge in [-0.05, 0) is 109 Å². The van der Waals surface area contributed by atoms with E-state index >= 15 is 0 Å². The normalized spacial score (nSPS) is 12.8. The lowest BCUT2D eigenvalue weighted by atomic mass is 10.0. The number of ether oxygens (including phenoxy) is 3. The summed E-state index contributed by atoms with van der Waals surface area (Å²) >= 11 is 0. The summed E-state index contributed by atoms with van der Waals surface area (Å²) in [5.74, 6) is -0.971. The van der Waals surface area contributed by atoms with E-state index in [1.165, 1.54) is 205 Å². The lowest BCUT2D eigenvalue weighted by molar-refractivity contribution is -0.166. The van der Waals surface area contributed by atoms with Crippen LogP contribution in [0.15, 0.2) is 109 Å². The van der Waals surface area contributed by atoms with Crippen LogP contribution in [0.4, 0.5) is 0 Å². The third kappa shape index (κ3) is 68.7. The molecule has 83 heavy (non-hydrogen) atoms. The van der Waals surface area contributed by atoms with E-state index in [0.717, 1.165) is 89.9 Å². The van der Waals surface area contributed by atoms with E-state index in [2.05, 4.69) is 124 Å². The van der Waals surface area contributed by atoms with Crippen LogP contribution in [0.1, 0.15) is 342 Å². The lowest BCUT2D eigenvalue weighted by Gasteiger charge is -2.18. The second-order valence-corrected chi connectivity index (χ2v) is 23.4. The van der Waals surface area contributed by atoms with Gasteiger partial charge in [-0.25, -0.2) is 0 Å². The molecule has 1 unspecified atom stereocenters. The number of hydrogen-bond donors (Lipinski definition) is 0. The van der Waals surface area contributed by atoms with Crippen LogP contribution < -0.4 is 0 Å². The van der Waals surface area contributed by atoms with E-state index in [9.17, 15) is 14.4 Å². The molecule has 0 fully saturated rings. The fourth-order valence-electron chi connectivity index (χ4n) is 10.0. The third-order valence-corrected chi connectivity index (χ3v) is 15.3. The monoisotopic (exact) mass is 1150 g/mol. The zero-order valence-corrected chi connectivity index (χ0v) is 54.7. The van der Waals surface area contributed by atoms with Gasteiger partial charge in [-0.2, -0.15) is 0 Å². The highest BCUT2D eigenvalue weighted by atomic mass is 16.6. The topological polar surface area (TPSA) is 78.9 Å². The molecule has 0 N–H and O–H groups in total. The molecule has 0 bridgehead atoms. The minimum Gasteiger partial charge on any atom is -0.462 e. The first-order valence-corrected chi connectivity index (χ1v) is 35.4. The number of rotatable bonds is 64. The molecule has 1 atom stereocenters. The number of carbonyl (C=O) groups is 3. The SMILES string of the molecule is CC/C=C\C/C=C\C/C=C\C/C=C\CCCCCCCCCCCCCCCCC(=O)OCC(COC(=O)CC/C=C\C/C=C\C/C=C\C/C=C\CC)OC(=O)CCCCCCCCCCCCCCC/C=C\CCCCCCCCCC. The van der Waals surface area contributed by atoms with Crippen molar-refractivity contribution < 1.29 is 28.6 Å². The fraction of sp³-hybridized carbons (Fsp3) is 0.727. The molecule has 0 aromatic heterocycles. The first-order chi connectivity index (χ1) is 41.0. The Hall–Kier alpha value is -3.93. The van der Waals surface area contributed by atoms with Gasteiger partial charge in [-0.15, -0.1) is 0 Å². The number of hydrogen-bond acceptors (Lipinski definition) is 6. The van der Waals surface area contributed by atoms with Crippen molar-refractivity contribution in [3.05, 3.63) is 109 Å². The molecular formula is C77H132O6. The Morgan fingerprint density at radius 3 is 0.819 bits per heavy atom. The second kappa shape index (κ2) is 70.6. The van der Waals surface area contributed by atoms with Crippen molar-refractivity contribution in [1.82, 2.24) is 0 Å². The highest BCUT2D eigenvalue weighted by molar-refractivity contribution is 5.71. The molecule has 0 aromatic rings. The van der Waals surface area contributed by atoms with E-state index in [4.69, 9.17) is 14.2 Å². The summed E-state index contributed by atoms with van der Waals surface area (Å²) in [6.45, 7) is 6.39. The molecular weight excluding hydrogens is 1020 g/mol. The van der Waals surface area contributed by atoms with Crippen LogP contribution in [0, 0.1) is 0 Å². The zero-order valence-electron chi connectivity index (χ0n) is 54.7. The van der Waals surface area contributed by atoms with Gasteiger partial charge in [-0.3, -0.25) is 14.4 Å². The number of unbranched alkanes of at least 4 members (excludes halogenated alkanes) is 35. The highest BCUT2D eigenvalue weighted by Crippen LogP contribution is 2.17. The van der Waals surface area contributed by atoms with Gasteiger partial charge in [0, 0.05) is 19.3 Å². The Morgan fingerprint density at radius 1 is 0.253 bits per heavy atom. The molecule has 0 amide bonds. The summed E-state index contributed by atoms with van der Waals surface area (Å²) in [5.41, 5.74) is 0. The van der Waals surface area contributed by atoms with E-state index in [1.807, 2.05) is 6.08 Å². The van der Waals surface area contributed by atoms with Crippen molar-refractivity contribution >= 4 is 17.9 Å². The molecule has 6 nitrogen and oxygen atoms in total. The summed E-state index contributed by atoms with van der Waals surface area (Å²) in [4.78, 5) is 38.4. The van der Waals surface area contributed by atoms with Crippen molar-refractivity contribution in [3.63, 3.8) is 0 Å². The molecule has 0 aliphatic carbocycles. The van der Waals surface area contributed by atoms with Crippen LogP contribution in [0.3, 0.4) is 0 Å². The van der Waals surface area contributed by atoms with Crippen molar-refractivity contribution in [2.75, 3.05) is 13.2 Å². The van der Waals surface area contributed by atoms with Gasteiger partial charge in [-0.1, -0.05) is 323 Å². The van der Waals surface area contributed by atoms with Gasteiger partial charge in [0.2, 0.25) is 0 Å². The summed E-state index contributed by atoms with van der Waals surface area (Å²) in [6.07, 6.45) is 97.1. The number of carbonyl (C=O) groups excluding carboxylic acids is 3. The van der Waals surface area contributed by atoms with E-state index in [-0.39, 0.29) is 37.5 Å². The summed E-state index contributed by atoms with van der Waals surface area (Å²) in [7, 11) is 0. The Morgan fingerprint density at radius 2 is 0.494 bits per heavy atom. The number of allylic oxidation sites excluding steroid dienone is 18. The first kappa shape index (κ1) is 79.1. The Labute approximate surface area is 514 Å². The third-order valence-electron chi connectivity index (χ3n) is 15.3. The maximum atomic E-state index is 13.0. The van der Waals surface area contributed by atoms with Crippen LogP contribution >= 0.6 is 0 Å². The summed E-state index contributed by atoms with van der Waals surface area (Å²) in [6, 6.07) is 0. The summed E-state index contributed by atoms with van der Waals surface area (Å²) < 4.78 is 16.9. The second-order valence-electron chi connectivity index (χ2n) is 23.4. The summed E-state index contributed by atoms with van der Waals surface area (Å²) in [5, 5.41) is 0. The van der Waals surface area contributed by atoms with E-state index in [1.54, 1.807) is 0 Å². The molecule has 0 aliphatic heterocycles. The van der Waals surface area contributed by atoms with Crippen molar-refractivity contribution in [2.24, 2.45) is 0 Å². The lowest BCUT2D eigenvalue weighted by Crippen LogP contribution is -2.30. The maximum Gasteiger partial charge on any atom is 0.306 e. The Kier molecular flexibility index (Phi) is 67.2. The van der Waals surface area contributed by atoms with Gasteiger partial charge >= 0.3 is 17.9 Å². The molecule has 0 spiro atoms. The van der Waals surface area contributed by atoms with Gasteiger partial charge in [0.15, 0.2) is 6.10 Å². The largest absolute Gasteiger partial charge is 0.462 e. The highest BCUT2D eigenvalue weighted by Gasteiger charge is 2.19. The molecule has 476 valence electrons. The van der Waals surface area contributed by atoms with Crippen LogP contribution in [0.5, 0.6) is 0 Å². The minimum absolute atomic E-state index is 0.0987. The van der Waals surface area contributed by atoms with Crippen LogP contribution in [0.25, 0.3) is 0 Å². The van der Waals surface area contributed by atoms with Crippen molar-refractivity contribution in [1.29, 1.82) is 0 Å². The average molecular weight is 1150 g/mol. The van der Waals surface area contributed by atoms with Gasteiger partial charge < -0.3 is 14.2 Å². The molecule has 6 heteroatoms. The Balaban J connectivity index is 4.29. The Bertz CT molecular complexity index is 1660. The molecule has 0 aliphatic rings. The van der Waals surface area contributed by atoms with E-state index in [0.29, 0.717) is 19.3 Å². The molecule has 0 rings (SSSR count). The predicted molar refractivity (Wildman–Crippen MR) is 362 cm³/mol. The van der Waals surface area contributed by atoms with Crippen molar-refractivity contribution in [3.8, 4) is 0 Å². The van der Waals surface area contributed by atoms with E-state index < -0.39 is 6.10 Å². The van der Waals surface area contributed by atoms with Gasteiger partial charge in [0.05, 0.1) is 0 Å². The van der Waals surface area contributed by atoms with Crippen molar-refractivity contribution in [2.45, 2.75) is 348 Å². The molecule has 0 heterocycles. The standard InChI is InChI=1S/C77H132O6/c1-4-7-10-13-16-19-22-25-27-29-31-33-35-37-38-40-41-43-45-47-49-52-55-58-61-64-67-70-76(79)82-73-74(72-81-75(78)69-66-63-60-57-54-51-24-21-18-15-12-9-6-3)83-77(80)71-68-65-62-59-56-53-50-48-46-44-42-39-36-34-32-30-28-26-23-20-17-14-11-8-5-2/h7,9-10,12,16,18-19,21,25,27,30-33,51,54,60,63,74H,4-6,8,11,13-15,17,20,22-24,26,28-29,34-50,52-53,55-59,61-62,64-73H2,1-3H3/b10-7-,12-9-,19-16-,21-18-,27-25-,32-30-,33-31-,54-51-,63-60-. The van der Waals surface area contributed by atoms with Crippen LogP contribution in [-0.2, 0) is 28.6 Å². The maximum absolute atomic E-state index is 13.0. The smallest absolute Gasteiger partial charge is 0.306 e. The first-order valence-electron chi connectivity index (χ1n) is 35.4. The molecule has 0 radical (unpaired) electrons. The fourth-order valence-corrected chi connectivity index (χ4v) is 10.0. The average Bonchev–Trinajstić information content (AvgIpc) is 3.49. The quantitative estimate of drug-likeness (QED) is 0.0261. The minimum atomic E-state index is -0.809. The molecule has 0 saturated carbocycles. The number of esters is 3. The van der Waals surface area contributed by atoms with Gasteiger partial charge in [0.1, 0.15) is 13.2 Å². The predicted octanol–water partition coefficient (Wildman–Crippen LogP) is 24.6. The molecule has 0 saturated heterocycles. The van der Waals surface area contributed by atoms with Gasteiger partial charge in [0.25, 0.3) is 0 Å². The van der Waals surface area contributed by atoms with Crippen LogP contribution in [-0.4, -0.2) is 37.2 Å². The zero-order chi connectivity index (χ0) is 59.9.